The van der Waals surface area contributed by atoms with Crippen LogP contribution in [0, 0.1) is 0 Å². The first-order valence-electron chi connectivity index (χ1n) is 2.08. The molecule has 0 bridgehead atoms. The van der Waals surface area contributed by atoms with E-state index in [1.54, 1.807) is 5.48 Å². The summed E-state index contributed by atoms with van der Waals surface area (Å²) < 4.78 is 0. The van der Waals surface area contributed by atoms with Crippen molar-refractivity contribution in [2.75, 3.05) is 13.2 Å². The highest BCUT2D eigenvalue weighted by atomic mass is 35.5. The number of hydroxylamine groups is 1. The average molecular weight is 157 g/mol. The van der Waals surface area contributed by atoms with E-state index in [2.05, 4.69) is 4.84 Å². The maximum atomic E-state index is 9.60. The Morgan fingerprint density at radius 3 is 2.67 bits per heavy atom. The Labute approximate surface area is 58.5 Å². The molecule has 0 heterocycles. The standard InChI is InChI=1S/C3H8N2O3.ClH/c4-1-2-8-5-3(6)7;/h5H,1-2,4H2,(H,6,7);1H. The van der Waals surface area contributed by atoms with Crippen molar-refractivity contribution >= 4 is 18.5 Å². The summed E-state index contributed by atoms with van der Waals surface area (Å²) in [6.07, 6.45) is -1.21. The zero-order valence-electron chi connectivity index (χ0n) is 4.66. The van der Waals surface area contributed by atoms with Crippen LogP contribution in [-0.4, -0.2) is 24.4 Å². The molecule has 0 aromatic heterocycles. The number of carboxylic acid groups (broad SMARTS) is 1. The van der Waals surface area contributed by atoms with Crippen LogP contribution in [0.2, 0.25) is 0 Å². The largest absolute Gasteiger partial charge is 0.464 e. The van der Waals surface area contributed by atoms with Gasteiger partial charge < -0.3 is 10.8 Å². The van der Waals surface area contributed by atoms with Crippen molar-refractivity contribution in [2.45, 2.75) is 0 Å². The zero-order valence-corrected chi connectivity index (χ0v) is 5.48. The second-order valence-electron chi connectivity index (χ2n) is 1.04. The van der Waals surface area contributed by atoms with E-state index in [4.69, 9.17) is 10.8 Å². The molecule has 56 valence electrons. The Bertz CT molecular complexity index is 79.5. The minimum Gasteiger partial charge on any atom is -0.464 e. The van der Waals surface area contributed by atoms with E-state index in [1.165, 1.54) is 0 Å². The summed E-state index contributed by atoms with van der Waals surface area (Å²) in [7, 11) is 0. The molecular formula is C3H9ClN2O3. The fourth-order valence-corrected chi connectivity index (χ4v) is 0.172. The van der Waals surface area contributed by atoms with Gasteiger partial charge in [-0.2, -0.15) is 5.48 Å². The van der Waals surface area contributed by atoms with Crippen molar-refractivity contribution in [3.8, 4) is 0 Å². The fraction of sp³-hybridized carbons (Fsp3) is 0.667. The average Bonchev–Trinajstić information content (AvgIpc) is 1.66. The number of carbonyl (C=O) groups is 1. The minimum atomic E-state index is -1.21. The molecular weight excluding hydrogens is 147 g/mol. The van der Waals surface area contributed by atoms with Crippen LogP contribution in [0.3, 0.4) is 0 Å². The van der Waals surface area contributed by atoms with Gasteiger partial charge in [-0.1, -0.05) is 0 Å². The number of rotatable bonds is 3. The van der Waals surface area contributed by atoms with Gasteiger partial charge >= 0.3 is 6.09 Å². The summed E-state index contributed by atoms with van der Waals surface area (Å²) in [6, 6.07) is 0. The maximum absolute atomic E-state index is 9.60. The number of amides is 1. The molecule has 0 spiro atoms. The van der Waals surface area contributed by atoms with E-state index in [-0.39, 0.29) is 19.0 Å². The predicted molar refractivity (Wildman–Crippen MR) is 33.4 cm³/mol. The molecule has 0 aliphatic carbocycles. The Morgan fingerprint density at radius 1 is 1.78 bits per heavy atom. The van der Waals surface area contributed by atoms with Gasteiger partial charge in [0.1, 0.15) is 0 Å². The molecule has 0 aliphatic rings. The Kier molecular flexibility index (Phi) is 9.39. The summed E-state index contributed by atoms with van der Waals surface area (Å²) in [6.45, 7) is 0.507. The third kappa shape index (κ3) is 11.2. The molecule has 5 nitrogen and oxygen atoms in total. The van der Waals surface area contributed by atoms with Gasteiger partial charge in [-0.3, -0.25) is 4.84 Å². The highest BCUT2D eigenvalue weighted by Gasteiger charge is 1.89. The minimum absolute atomic E-state index is 0. The first-order valence-corrected chi connectivity index (χ1v) is 2.08. The molecule has 0 rings (SSSR count). The van der Waals surface area contributed by atoms with Crippen molar-refractivity contribution in [1.29, 1.82) is 0 Å². The highest BCUT2D eigenvalue weighted by molar-refractivity contribution is 5.85. The number of nitrogens with two attached hydrogens (primary N) is 1. The van der Waals surface area contributed by atoms with Crippen LogP contribution in [-0.2, 0) is 4.84 Å². The molecule has 0 radical (unpaired) electrons. The summed E-state index contributed by atoms with van der Waals surface area (Å²) >= 11 is 0. The van der Waals surface area contributed by atoms with Gasteiger partial charge in [-0.05, 0) is 0 Å². The van der Waals surface area contributed by atoms with Gasteiger partial charge in [-0.15, -0.1) is 12.4 Å². The van der Waals surface area contributed by atoms with E-state index < -0.39 is 6.09 Å². The van der Waals surface area contributed by atoms with Crippen molar-refractivity contribution < 1.29 is 14.7 Å². The van der Waals surface area contributed by atoms with E-state index in [0.717, 1.165) is 0 Å². The molecule has 1 amide bonds. The fourth-order valence-electron chi connectivity index (χ4n) is 0.172. The molecule has 0 atom stereocenters. The third-order valence-electron chi connectivity index (χ3n) is 0.379. The lowest BCUT2D eigenvalue weighted by Crippen LogP contribution is -2.24. The third-order valence-corrected chi connectivity index (χ3v) is 0.379. The molecule has 0 fully saturated rings. The van der Waals surface area contributed by atoms with E-state index in [9.17, 15) is 4.79 Å². The summed E-state index contributed by atoms with van der Waals surface area (Å²) in [5.41, 5.74) is 6.64. The summed E-state index contributed by atoms with van der Waals surface area (Å²) in [5, 5.41) is 7.86. The van der Waals surface area contributed by atoms with Crippen molar-refractivity contribution in [2.24, 2.45) is 5.73 Å². The lowest BCUT2D eigenvalue weighted by atomic mass is 10.8. The molecule has 0 aliphatic heterocycles. The number of nitrogens with one attached hydrogen (secondary N) is 1. The van der Waals surface area contributed by atoms with Crippen LogP contribution in [0.25, 0.3) is 0 Å². The van der Waals surface area contributed by atoms with Gasteiger partial charge in [-0.25, -0.2) is 4.79 Å². The van der Waals surface area contributed by atoms with Crippen LogP contribution in [0.5, 0.6) is 0 Å². The quantitative estimate of drug-likeness (QED) is 0.382. The van der Waals surface area contributed by atoms with Crippen LogP contribution in [0.1, 0.15) is 0 Å². The van der Waals surface area contributed by atoms with Gasteiger partial charge in [0.05, 0.1) is 6.61 Å². The SMILES string of the molecule is Cl.NCCONC(=O)O. The first-order chi connectivity index (χ1) is 3.77. The number of halogens is 1. The van der Waals surface area contributed by atoms with Gasteiger partial charge in [0, 0.05) is 6.54 Å². The maximum Gasteiger partial charge on any atom is 0.428 e. The van der Waals surface area contributed by atoms with Gasteiger partial charge in [0.25, 0.3) is 0 Å². The van der Waals surface area contributed by atoms with E-state index in [0.29, 0.717) is 6.54 Å². The second kappa shape index (κ2) is 7.48. The van der Waals surface area contributed by atoms with Crippen LogP contribution in [0.15, 0.2) is 0 Å². The van der Waals surface area contributed by atoms with Gasteiger partial charge in [0.15, 0.2) is 0 Å². The lowest BCUT2D eigenvalue weighted by molar-refractivity contribution is 0.0469. The van der Waals surface area contributed by atoms with Crippen molar-refractivity contribution in [1.82, 2.24) is 5.48 Å². The van der Waals surface area contributed by atoms with E-state index in [1.807, 2.05) is 0 Å². The number of hydrogen-bond acceptors (Lipinski definition) is 3. The Hall–Kier alpha value is -0.520. The topological polar surface area (TPSA) is 84.6 Å². The summed E-state index contributed by atoms with van der Waals surface area (Å²) in [5.74, 6) is 0. The first kappa shape index (κ1) is 11.3. The van der Waals surface area contributed by atoms with Gasteiger partial charge in [0.2, 0.25) is 0 Å². The lowest BCUT2D eigenvalue weighted by Gasteiger charge is -1.96. The molecule has 4 N–H and O–H groups in total. The van der Waals surface area contributed by atoms with E-state index >= 15 is 0 Å². The predicted octanol–water partition coefficient (Wildman–Crippen LogP) is -0.434. The summed E-state index contributed by atoms with van der Waals surface area (Å²) in [4.78, 5) is 13.9. The highest BCUT2D eigenvalue weighted by Crippen LogP contribution is 1.62. The molecule has 0 aromatic carbocycles. The second-order valence-corrected chi connectivity index (χ2v) is 1.04. The monoisotopic (exact) mass is 156 g/mol. The smallest absolute Gasteiger partial charge is 0.428 e. The molecule has 0 unspecified atom stereocenters. The molecule has 0 saturated carbocycles. The van der Waals surface area contributed by atoms with Crippen molar-refractivity contribution in [3.63, 3.8) is 0 Å². The Morgan fingerprint density at radius 2 is 2.33 bits per heavy atom. The normalized spacial score (nSPS) is 7.67. The number of hydrogen-bond donors (Lipinski definition) is 3. The van der Waals surface area contributed by atoms with Crippen molar-refractivity contribution in [3.05, 3.63) is 0 Å². The zero-order chi connectivity index (χ0) is 6.41. The van der Waals surface area contributed by atoms with Crippen LogP contribution >= 0.6 is 12.4 Å². The van der Waals surface area contributed by atoms with Crippen LogP contribution < -0.4 is 11.2 Å². The molecule has 9 heavy (non-hydrogen) atoms. The van der Waals surface area contributed by atoms with Crippen LogP contribution in [0.4, 0.5) is 4.79 Å². The molecule has 0 saturated heterocycles. The molecule has 6 heteroatoms. The Balaban J connectivity index is 0. The molecule has 0 aromatic rings.